The smallest absolute Gasteiger partial charge is 0.463 e. The Morgan fingerprint density at radius 3 is 1.55 bits per heavy atom. The summed E-state index contributed by atoms with van der Waals surface area (Å²) in [5, 5.41) is 0. The number of esters is 3. The van der Waals surface area contributed by atoms with Gasteiger partial charge < -0.3 is 38.0 Å². The molecular weight excluding hydrogens is 668 g/mol. The topological polar surface area (TPSA) is 168 Å². The molecule has 270 valence electrons. The molecule has 0 aliphatic carbocycles. The number of rotatable bonds is 20. The van der Waals surface area contributed by atoms with E-state index in [1.54, 1.807) is 49.4 Å². The average molecular weight is 707 g/mol. The molecule has 0 atom stereocenters. The summed E-state index contributed by atoms with van der Waals surface area (Å²) in [5.74, 6) is -0.512. The zero-order valence-electron chi connectivity index (χ0n) is 28.0. The predicted molar refractivity (Wildman–Crippen MR) is 179 cm³/mol. The number of aryl methyl sites for hydroxylation is 1. The van der Waals surface area contributed by atoms with Gasteiger partial charge in [-0.1, -0.05) is 25.3 Å². The highest BCUT2D eigenvalue weighted by Gasteiger charge is 2.13. The molecule has 3 rings (SSSR count). The lowest BCUT2D eigenvalue weighted by molar-refractivity contribution is -0.217. The molecule has 0 radical (unpaired) electrons. The van der Waals surface area contributed by atoms with Crippen LogP contribution in [0.15, 0.2) is 92.0 Å². The maximum absolute atomic E-state index is 12.7. The lowest BCUT2D eigenvalue weighted by Crippen LogP contribution is -2.13. The van der Waals surface area contributed by atoms with Gasteiger partial charge in [-0.3, -0.25) is 0 Å². The third-order valence-electron chi connectivity index (χ3n) is 6.48. The van der Waals surface area contributed by atoms with Gasteiger partial charge in [-0.05, 0) is 98.3 Å². The number of hydrogen-bond donors (Lipinski definition) is 0. The highest BCUT2D eigenvalue weighted by molar-refractivity contribution is 5.91. The fourth-order valence-corrected chi connectivity index (χ4v) is 3.86. The second-order valence-electron chi connectivity index (χ2n) is 10.4. The van der Waals surface area contributed by atoms with E-state index in [9.17, 15) is 24.0 Å². The van der Waals surface area contributed by atoms with Gasteiger partial charge >= 0.3 is 30.2 Å². The fourth-order valence-electron chi connectivity index (χ4n) is 3.86. The van der Waals surface area contributed by atoms with Crippen molar-refractivity contribution in [3.8, 4) is 23.0 Å². The molecule has 0 aliphatic rings. The van der Waals surface area contributed by atoms with Gasteiger partial charge in [0.15, 0.2) is 5.75 Å². The van der Waals surface area contributed by atoms with Crippen molar-refractivity contribution in [1.29, 1.82) is 0 Å². The molecule has 0 N–H and O–H groups in total. The average Bonchev–Trinajstić information content (AvgIpc) is 3.13. The Labute approximate surface area is 294 Å². The minimum absolute atomic E-state index is 0.0814. The first-order valence-corrected chi connectivity index (χ1v) is 15.8. The molecule has 0 unspecified atom stereocenters. The van der Waals surface area contributed by atoms with E-state index < -0.39 is 30.2 Å². The van der Waals surface area contributed by atoms with Crippen molar-refractivity contribution in [3.63, 3.8) is 0 Å². The minimum atomic E-state index is -0.909. The van der Waals surface area contributed by atoms with Crippen molar-refractivity contribution in [2.45, 2.75) is 39.2 Å². The molecule has 14 heteroatoms. The number of unbranched alkanes of at least 4 members (excludes halogenated alkanes) is 2. The summed E-state index contributed by atoms with van der Waals surface area (Å²) in [6, 6.07) is 17.1. The normalized spacial score (nSPS) is 10.2. The molecule has 0 fully saturated rings. The van der Waals surface area contributed by atoms with Crippen LogP contribution in [-0.4, -0.2) is 56.6 Å². The van der Waals surface area contributed by atoms with E-state index in [2.05, 4.69) is 13.2 Å². The Kier molecular flexibility index (Phi) is 16.8. The van der Waals surface area contributed by atoms with Crippen LogP contribution in [0.2, 0.25) is 0 Å². The van der Waals surface area contributed by atoms with Crippen molar-refractivity contribution in [3.05, 3.63) is 109 Å². The molecule has 51 heavy (non-hydrogen) atoms. The summed E-state index contributed by atoms with van der Waals surface area (Å²) in [5.41, 5.74) is 1.57. The first-order valence-electron chi connectivity index (χ1n) is 15.8. The highest BCUT2D eigenvalue weighted by Crippen LogP contribution is 2.25. The molecule has 3 aromatic carbocycles. The number of carbonyl (C=O) groups is 5. The summed E-state index contributed by atoms with van der Waals surface area (Å²) in [6.45, 7) is 9.02. The van der Waals surface area contributed by atoms with E-state index in [1.165, 1.54) is 24.3 Å². The summed E-state index contributed by atoms with van der Waals surface area (Å²) < 4.78 is 35.4. The lowest BCUT2D eigenvalue weighted by atomic mass is 10.2. The largest absolute Gasteiger partial charge is 0.513 e. The Morgan fingerprint density at radius 1 is 0.588 bits per heavy atom. The van der Waals surface area contributed by atoms with Crippen LogP contribution in [0.25, 0.3) is 0 Å². The number of carbonyl (C=O) groups excluding carboxylic acids is 5. The molecular formula is C37H38O14. The number of hydrogen-bond acceptors (Lipinski definition) is 14. The molecule has 0 heterocycles. The van der Waals surface area contributed by atoms with Gasteiger partial charge in [-0.25, -0.2) is 24.0 Å². The van der Waals surface area contributed by atoms with Gasteiger partial charge in [0.1, 0.15) is 23.9 Å². The maximum Gasteiger partial charge on any atom is 0.513 e. The van der Waals surface area contributed by atoms with E-state index in [0.29, 0.717) is 42.7 Å². The highest BCUT2D eigenvalue weighted by atomic mass is 17.2. The van der Waals surface area contributed by atoms with Crippen LogP contribution >= 0.6 is 0 Å². The second-order valence-corrected chi connectivity index (χ2v) is 10.4. The lowest BCUT2D eigenvalue weighted by Gasteiger charge is -2.11. The van der Waals surface area contributed by atoms with Crippen molar-refractivity contribution in [2.24, 2.45) is 0 Å². The van der Waals surface area contributed by atoms with E-state index in [0.717, 1.165) is 17.7 Å². The van der Waals surface area contributed by atoms with E-state index in [1.807, 2.05) is 0 Å². The Hall–Kier alpha value is -6.15. The molecule has 0 amide bonds. The Bertz CT molecular complexity index is 1630. The summed E-state index contributed by atoms with van der Waals surface area (Å²) in [4.78, 5) is 69.1. The van der Waals surface area contributed by atoms with Crippen LogP contribution in [0.5, 0.6) is 23.0 Å². The predicted octanol–water partition coefficient (Wildman–Crippen LogP) is 6.77. The summed E-state index contributed by atoms with van der Waals surface area (Å²) in [6.07, 6.45) is 2.39. The van der Waals surface area contributed by atoms with Gasteiger partial charge in [-0.2, -0.15) is 4.89 Å². The van der Waals surface area contributed by atoms with Gasteiger partial charge in [0.05, 0.1) is 32.0 Å². The molecule has 0 aromatic heterocycles. The number of ether oxygens (including phenoxy) is 7. The standard InChI is InChI=1S/C37H38O14/c1-4-33(38)43-20-6-8-22-45-36(41)48-29-14-10-27(11-15-29)25-47-51-31-18-19-32(26(3)24-31)50-35(40)28-12-16-30(17-13-28)49-37(42)46-23-9-7-21-44-34(39)5-2/h4-5,10-19,24H,1-2,6-9,20-23,25H2,3H3. The molecule has 0 saturated heterocycles. The fraction of sp³-hybridized carbons (Fsp3) is 0.270. The molecule has 0 spiro atoms. The van der Waals surface area contributed by atoms with Crippen LogP contribution < -0.4 is 19.1 Å². The molecule has 0 bridgehead atoms. The maximum atomic E-state index is 12.7. The van der Waals surface area contributed by atoms with E-state index in [4.69, 9.17) is 42.9 Å². The van der Waals surface area contributed by atoms with Crippen LogP contribution in [0.1, 0.15) is 47.2 Å². The van der Waals surface area contributed by atoms with Crippen molar-refractivity contribution in [2.75, 3.05) is 26.4 Å². The second kappa shape index (κ2) is 21.7. The van der Waals surface area contributed by atoms with Crippen molar-refractivity contribution in [1.82, 2.24) is 0 Å². The van der Waals surface area contributed by atoms with Gasteiger partial charge in [0.25, 0.3) is 0 Å². The van der Waals surface area contributed by atoms with Crippen molar-refractivity contribution >= 4 is 30.2 Å². The Morgan fingerprint density at radius 2 is 1.06 bits per heavy atom. The van der Waals surface area contributed by atoms with E-state index >= 15 is 0 Å². The van der Waals surface area contributed by atoms with Crippen LogP contribution in [0.4, 0.5) is 9.59 Å². The Balaban J connectivity index is 1.34. The van der Waals surface area contributed by atoms with Crippen molar-refractivity contribution < 1.29 is 66.9 Å². The van der Waals surface area contributed by atoms with Gasteiger partial charge in [0.2, 0.25) is 0 Å². The molecule has 3 aromatic rings. The first-order chi connectivity index (χ1) is 24.7. The zero-order valence-corrected chi connectivity index (χ0v) is 28.0. The molecule has 14 nitrogen and oxygen atoms in total. The molecule has 0 aliphatic heterocycles. The van der Waals surface area contributed by atoms with Crippen LogP contribution in [-0.2, 0) is 40.0 Å². The SMILES string of the molecule is C=CC(=O)OCCCCOC(=O)Oc1ccc(COOc2ccc(OC(=O)c3ccc(OC(=O)OCCCCOC(=O)C=C)cc3)c(C)c2)cc1. The third kappa shape index (κ3) is 15.3. The minimum Gasteiger partial charge on any atom is -0.463 e. The zero-order chi connectivity index (χ0) is 36.8. The van der Waals surface area contributed by atoms with Crippen LogP contribution in [0, 0.1) is 6.92 Å². The quantitative estimate of drug-likeness (QED) is 0.0176. The van der Waals surface area contributed by atoms with Gasteiger partial charge in [-0.15, -0.1) is 0 Å². The summed E-state index contributed by atoms with van der Waals surface area (Å²) >= 11 is 0. The third-order valence-corrected chi connectivity index (χ3v) is 6.48. The van der Waals surface area contributed by atoms with Gasteiger partial charge in [0, 0.05) is 12.2 Å². The monoisotopic (exact) mass is 706 g/mol. The van der Waals surface area contributed by atoms with Crippen LogP contribution in [0.3, 0.4) is 0 Å². The summed E-state index contributed by atoms with van der Waals surface area (Å²) in [7, 11) is 0. The molecule has 0 saturated carbocycles. The first kappa shape index (κ1) is 39.3. The number of benzene rings is 3. The van der Waals surface area contributed by atoms with E-state index in [-0.39, 0.29) is 50.1 Å².